The standard InChI is InChI=1S/C13H14INO4/c14-10-3-1-9(2-4-10)13(18)15-5-6-19-8-11(15)7-12(16)17/h1-4,11H,5-8H2,(H,16,17). The van der Waals surface area contributed by atoms with Crippen LogP contribution in [0.25, 0.3) is 0 Å². The van der Waals surface area contributed by atoms with Crippen molar-refractivity contribution >= 4 is 34.5 Å². The molecule has 102 valence electrons. The third kappa shape index (κ3) is 3.66. The third-order valence-electron chi connectivity index (χ3n) is 2.99. The van der Waals surface area contributed by atoms with Crippen molar-refractivity contribution in [2.75, 3.05) is 19.8 Å². The van der Waals surface area contributed by atoms with Gasteiger partial charge in [0.25, 0.3) is 5.91 Å². The number of halogens is 1. The third-order valence-corrected chi connectivity index (χ3v) is 3.71. The van der Waals surface area contributed by atoms with E-state index in [9.17, 15) is 9.59 Å². The molecule has 0 aromatic heterocycles. The number of hydrogen-bond donors (Lipinski definition) is 1. The number of nitrogens with zero attached hydrogens (tertiary/aromatic N) is 1. The van der Waals surface area contributed by atoms with Crippen LogP contribution < -0.4 is 0 Å². The molecule has 0 aliphatic carbocycles. The van der Waals surface area contributed by atoms with Crippen molar-refractivity contribution in [3.05, 3.63) is 33.4 Å². The van der Waals surface area contributed by atoms with E-state index in [1.807, 2.05) is 12.1 Å². The zero-order valence-corrected chi connectivity index (χ0v) is 12.4. The molecule has 6 heteroatoms. The number of carboxylic acid groups (broad SMARTS) is 1. The fourth-order valence-electron chi connectivity index (χ4n) is 2.05. The van der Waals surface area contributed by atoms with E-state index in [0.717, 1.165) is 3.57 Å². The molecule has 19 heavy (non-hydrogen) atoms. The van der Waals surface area contributed by atoms with Gasteiger partial charge in [0.2, 0.25) is 0 Å². The van der Waals surface area contributed by atoms with Gasteiger partial charge >= 0.3 is 5.97 Å². The molecule has 1 atom stereocenters. The molecule has 1 aromatic carbocycles. The summed E-state index contributed by atoms with van der Waals surface area (Å²) in [6.07, 6.45) is -0.0872. The second-order valence-electron chi connectivity index (χ2n) is 4.33. The summed E-state index contributed by atoms with van der Waals surface area (Å²) < 4.78 is 6.31. The highest BCUT2D eigenvalue weighted by Gasteiger charge is 2.29. The average Bonchev–Trinajstić information content (AvgIpc) is 2.39. The number of carboxylic acids is 1. The highest BCUT2D eigenvalue weighted by Crippen LogP contribution is 2.16. The van der Waals surface area contributed by atoms with Gasteiger partial charge in [0.1, 0.15) is 0 Å². The van der Waals surface area contributed by atoms with Crippen molar-refractivity contribution in [3.8, 4) is 0 Å². The lowest BCUT2D eigenvalue weighted by Gasteiger charge is -2.34. The molecule has 0 saturated carbocycles. The summed E-state index contributed by atoms with van der Waals surface area (Å²) in [7, 11) is 0. The van der Waals surface area contributed by atoms with Gasteiger partial charge in [-0.05, 0) is 46.9 Å². The van der Waals surface area contributed by atoms with Crippen molar-refractivity contribution in [1.29, 1.82) is 0 Å². The normalized spacial score (nSPS) is 19.2. The Morgan fingerprint density at radius 3 is 2.68 bits per heavy atom. The van der Waals surface area contributed by atoms with Gasteiger partial charge in [0.05, 0.1) is 25.7 Å². The molecular weight excluding hydrogens is 361 g/mol. The Morgan fingerprint density at radius 2 is 2.05 bits per heavy atom. The Hall–Kier alpha value is -1.15. The zero-order valence-electron chi connectivity index (χ0n) is 10.2. The first-order valence-corrected chi connectivity index (χ1v) is 7.02. The van der Waals surface area contributed by atoms with Crippen LogP contribution in [0.15, 0.2) is 24.3 Å². The van der Waals surface area contributed by atoms with E-state index in [0.29, 0.717) is 18.7 Å². The van der Waals surface area contributed by atoms with E-state index in [-0.39, 0.29) is 18.9 Å². The molecule has 1 unspecified atom stereocenters. The van der Waals surface area contributed by atoms with Crippen LogP contribution in [0.2, 0.25) is 0 Å². The zero-order chi connectivity index (χ0) is 13.8. The predicted molar refractivity (Wildman–Crippen MR) is 77.1 cm³/mol. The Labute approximate surface area is 124 Å². The summed E-state index contributed by atoms with van der Waals surface area (Å²) in [6, 6.07) is 6.85. The quantitative estimate of drug-likeness (QED) is 0.816. The lowest BCUT2D eigenvalue weighted by Crippen LogP contribution is -2.49. The summed E-state index contributed by atoms with van der Waals surface area (Å²) in [5.41, 5.74) is 0.581. The second-order valence-corrected chi connectivity index (χ2v) is 5.58. The number of aliphatic carboxylic acids is 1. The monoisotopic (exact) mass is 375 g/mol. The van der Waals surface area contributed by atoms with Crippen molar-refractivity contribution < 1.29 is 19.4 Å². The van der Waals surface area contributed by atoms with Crippen molar-refractivity contribution in [2.24, 2.45) is 0 Å². The second kappa shape index (κ2) is 6.33. The number of rotatable bonds is 3. The Bertz CT molecular complexity index is 474. The highest BCUT2D eigenvalue weighted by molar-refractivity contribution is 14.1. The predicted octanol–water partition coefficient (Wildman–Crippen LogP) is 1.61. The number of carbonyl (C=O) groups is 2. The summed E-state index contributed by atoms with van der Waals surface area (Å²) in [5.74, 6) is -1.05. The maximum Gasteiger partial charge on any atom is 0.305 e. The van der Waals surface area contributed by atoms with Crippen molar-refractivity contribution in [3.63, 3.8) is 0 Å². The lowest BCUT2D eigenvalue weighted by molar-refractivity contribution is -0.139. The van der Waals surface area contributed by atoms with Crippen LogP contribution in [-0.4, -0.2) is 47.7 Å². The summed E-state index contributed by atoms with van der Waals surface area (Å²) in [6.45, 7) is 1.16. The molecule has 2 rings (SSSR count). The number of carbonyl (C=O) groups excluding carboxylic acids is 1. The number of benzene rings is 1. The number of morpholine rings is 1. The first-order valence-electron chi connectivity index (χ1n) is 5.94. The fourth-order valence-corrected chi connectivity index (χ4v) is 2.41. The van der Waals surface area contributed by atoms with E-state index in [1.165, 1.54) is 0 Å². The van der Waals surface area contributed by atoms with Gasteiger partial charge in [-0.3, -0.25) is 9.59 Å². The van der Waals surface area contributed by atoms with Gasteiger partial charge in [-0.25, -0.2) is 0 Å². The van der Waals surface area contributed by atoms with Gasteiger partial charge in [0, 0.05) is 15.7 Å². The molecule has 1 aliphatic rings. The highest BCUT2D eigenvalue weighted by atomic mass is 127. The minimum atomic E-state index is -0.920. The fraction of sp³-hybridized carbons (Fsp3) is 0.385. The Kier molecular flexibility index (Phi) is 4.76. The van der Waals surface area contributed by atoms with Crippen LogP contribution in [0.1, 0.15) is 16.8 Å². The molecule has 0 radical (unpaired) electrons. The maximum atomic E-state index is 12.4. The van der Waals surface area contributed by atoms with Gasteiger partial charge in [-0.2, -0.15) is 0 Å². The summed E-state index contributed by atoms with van der Waals surface area (Å²) in [4.78, 5) is 24.8. The van der Waals surface area contributed by atoms with Crippen LogP contribution in [0, 0.1) is 3.57 Å². The van der Waals surface area contributed by atoms with Crippen LogP contribution in [0.5, 0.6) is 0 Å². The van der Waals surface area contributed by atoms with Crippen LogP contribution >= 0.6 is 22.6 Å². The van der Waals surface area contributed by atoms with Crippen LogP contribution in [0.3, 0.4) is 0 Å². The van der Waals surface area contributed by atoms with Gasteiger partial charge < -0.3 is 14.7 Å². The average molecular weight is 375 g/mol. The van der Waals surface area contributed by atoms with Crippen LogP contribution in [-0.2, 0) is 9.53 Å². The molecule has 1 aromatic rings. The van der Waals surface area contributed by atoms with Crippen molar-refractivity contribution in [1.82, 2.24) is 4.90 Å². The van der Waals surface area contributed by atoms with Gasteiger partial charge in [0.15, 0.2) is 0 Å². The molecule has 0 spiro atoms. The minimum Gasteiger partial charge on any atom is -0.481 e. The Balaban J connectivity index is 2.15. The maximum absolute atomic E-state index is 12.4. The lowest BCUT2D eigenvalue weighted by atomic mass is 10.1. The van der Waals surface area contributed by atoms with Crippen LogP contribution in [0.4, 0.5) is 0 Å². The summed E-state index contributed by atoms with van der Waals surface area (Å²) >= 11 is 2.17. The molecule has 1 saturated heterocycles. The molecular formula is C13H14INO4. The minimum absolute atomic E-state index is 0.0872. The van der Waals surface area contributed by atoms with Gasteiger partial charge in [-0.15, -0.1) is 0 Å². The molecule has 5 nitrogen and oxygen atoms in total. The smallest absolute Gasteiger partial charge is 0.305 e. The molecule has 1 N–H and O–H groups in total. The Morgan fingerprint density at radius 1 is 1.37 bits per heavy atom. The van der Waals surface area contributed by atoms with E-state index in [2.05, 4.69) is 22.6 Å². The van der Waals surface area contributed by atoms with Crippen molar-refractivity contribution in [2.45, 2.75) is 12.5 Å². The van der Waals surface area contributed by atoms with E-state index in [4.69, 9.17) is 9.84 Å². The SMILES string of the molecule is O=C(O)CC1COCCN1C(=O)c1ccc(I)cc1. The molecule has 1 fully saturated rings. The van der Waals surface area contributed by atoms with E-state index >= 15 is 0 Å². The number of hydrogen-bond acceptors (Lipinski definition) is 3. The first kappa shape index (κ1) is 14.3. The largest absolute Gasteiger partial charge is 0.481 e. The molecule has 1 heterocycles. The molecule has 0 bridgehead atoms. The first-order chi connectivity index (χ1) is 9.08. The molecule has 1 aliphatic heterocycles. The van der Waals surface area contributed by atoms with E-state index in [1.54, 1.807) is 17.0 Å². The summed E-state index contributed by atoms with van der Waals surface area (Å²) in [5, 5.41) is 8.88. The number of ether oxygens (including phenoxy) is 1. The topological polar surface area (TPSA) is 66.8 Å². The number of amides is 1. The molecule has 1 amide bonds. The van der Waals surface area contributed by atoms with Gasteiger partial charge in [-0.1, -0.05) is 0 Å². The van der Waals surface area contributed by atoms with E-state index < -0.39 is 12.0 Å².